The number of carbonyl (C=O) groups excluding carboxylic acids is 1. The molecule has 2 rings (SSSR count). The van der Waals surface area contributed by atoms with E-state index in [1.165, 1.54) is 18.7 Å². The minimum atomic E-state index is -4.86. The SMILES string of the molecule is O=C(Nc1cncnc1)c1ccc(F)c(C(F)(F)F)c1. The van der Waals surface area contributed by atoms with Gasteiger partial charge in [0.1, 0.15) is 12.1 Å². The number of rotatable bonds is 2. The molecule has 1 N–H and O–H groups in total. The zero-order valence-electron chi connectivity index (χ0n) is 9.78. The molecule has 20 heavy (non-hydrogen) atoms. The molecule has 2 aromatic rings. The lowest BCUT2D eigenvalue weighted by molar-refractivity contribution is -0.140. The highest BCUT2D eigenvalue weighted by Gasteiger charge is 2.34. The number of halogens is 4. The molecule has 8 heteroatoms. The summed E-state index contributed by atoms with van der Waals surface area (Å²) in [6.07, 6.45) is -1.08. The smallest absolute Gasteiger partial charge is 0.319 e. The number of anilines is 1. The van der Waals surface area contributed by atoms with E-state index in [4.69, 9.17) is 0 Å². The summed E-state index contributed by atoms with van der Waals surface area (Å²) >= 11 is 0. The molecule has 0 spiro atoms. The van der Waals surface area contributed by atoms with E-state index in [2.05, 4.69) is 15.3 Å². The lowest BCUT2D eigenvalue weighted by atomic mass is 10.1. The minimum Gasteiger partial charge on any atom is -0.319 e. The Kier molecular flexibility index (Phi) is 3.64. The first-order valence-electron chi connectivity index (χ1n) is 5.31. The standard InChI is InChI=1S/C12H7F4N3O/c13-10-2-1-7(3-9(10)12(14,15)16)11(20)19-8-4-17-6-18-5-8/h1-6H,(H,19,20). The lowest BCUT2D eigenvalue weighted by Crippen LogP contribution is -2.15. The molecule has 0 aliphatic rings. The quantitative estimate of drug-likeness (QED) is 0.863. The maximum atomic E-state index is 13.1. The van der Waals surface area contributed by atoms with Crippen molar-refractivity contribution in [3.8, 4) is 0 Å². The third-order valence-electron chi connectivity index (χ3n) is 2.35. The van der Waals surface area contributed by atoms with Crippen molar-refractivity contribution in [1.29, 1.82) is 0 Å². The number of hydrogen-bond donors (Lipinski definition) is 1. The van der Waals surface area contributed by atoms with Gasteiger partial charge in [-0.15, -0.1) is 0 Å². The first-order chi connectivity index (χ1) is 9.38. The number of carbonyl (C=O) groups is 1. The summed E-state index contributed by atoms with van der Waals surface area (Å²) in [6.45, 7) is 0. The molecular formula is C12H7F4N3O. The normalized spacial score (nSPS) is 11.2. The molecule has 1 aromatic heterocycles. The van der Waals surface area contributed by atoms with Gasteiger partial charge in [0.25, 0.3) is 5.91 Å². The van der Waals surface area contributed by atoms with Crippen LogP contribution in [0.1, 0.15) is 15.9 Å². The number of nitrogens with zero attached hydrogens (tertiary/aromatic N) is 2. The Morgan fingerprint density at radius 3 is 2.40 bits per heavy atom. The van der Waals surface area contributed by atoms with Crippen LogP contribution in [0, 0.1) is 5.82 Å². The van der Waals surface area contributed by atoms with Crippen LogP contribution >= 0.6 is 0 Å². The Morgan fingerprint density at radius 1 is 1.15 bits per heavy atom. The number of nitrogens with one attached hydrogen (secondary N) is 1. The molecule has 0 unspecified atom stereocenters. The van der Waals surface area contributed by atoms with Crippen molar-refractivity contribution in [2.24, 2.45) is 0 Å². The summed E-state index contributed by atoms with van der Waals surface area (Å²) in [5.74, 6) is -2.25. The fraction of sp³-hybridized carbons (Fsp3) is 0.0833. The van der Waals surface area contributed by atoms with E-state index in [1.54, 1.807) is 0 Å². The topological polar surface area (TPSA) is 54.9 Å². The van der Waals surface area contributed by atoms with E-state index in [0.29, 0.717) is 12.1 Å². The molecule has 0 radical (unpaired) electrons. The average molecular weight is 285 g/mol. The first-order valence-corrected chi connectivity index (χ1v) is 5.31. The Morgan fingerprint density at radius 2 is 1.80 bits per heavy atom. The van der Waals surface area contributed by atoms with Crippen LogP contribution in [0.4, 0.5) is 23.2 Å². The number of benzene rings is 1. The Labute approximate surface area is 110 Å². The van der Waals surface area contributed by atoms with Crippen molar-refractivity contribution in [1.82, 2.24) is 9.97 Å². The fourth-order valence-electron chi connectivity index (χ4n) is 1.45. The zero-order chi connectivity index (χ0) is 14.8. The van der Waals surface area contributed by atoms with Gasteiger partial charge in [-0.05, 0) is 18.2 Å². The highest BCUT2D eigenvalue weighted by molar-refractivity contribution is 6.04. The van der Waals surface area contributed by atoms with Gasteiger partial charge in [-0.3, -0.25) is 4.79 Å². The van der Waals surface area contributed by atoms with Crippen LogP contribution in [-0.4, -0.2) is 15.9 Å². The Hall–Kier alpha value is -2.51. The van der Waals surface area contributed by atoms with Gasteiger partial charge in [-0.25, -0.2) is 14.4 Å². The van der Waals surface area contributed by atoms with Crippen molar-refractivity contribution in [2.45, 2.75) is 6.18 Å². The van der Waals surface area contributed by atoms with E-state index >= 15 is 0 Å². The van der Waals surface area contributed by atoms with Crippen molar-refractivity contribution >= 4 is 11.6 Å². The molecule has 0 aliphatic carbocycles. The van der Waals surface area contributed by atoms with Crippen LogP contribution in [0.25, 0.3) is 0 Å². The van der Waals surface area contributed by atoms with Crippen LogP contribution in [0.3, 0.4) is 0 Å². The van der Waals surface area contributed by atoms with Crippen LogP contribution < -0.4 is 5.32 Å². The predicted molar refractivity (Wildman–Crippen MR) is 61.4 cm³/mol. The van der Waals surface area contributed by atoms with Gasteiger partial charge < -0.3 is 5.32 Å². The third-order valence-corrected chi connectivity index (χ3v) is 2.35. The number of alkyl halides is 3. The Bertz CT molecular complexity index is 628. The van der Waals surface area contributed by atoms with E-state index in [1.807, 2.05) is 0 Å². The van der Waals surface area contributed by atoms with Crippen molar-refractivity contribution < 1.29 is 22.4 Å². The van der Waals surface area contributed by atoms with Gasteiger partial charge in [0.05, 0.1) is 23.6 Å². The molecule has 0 saturated heterocycles. The van der Waals surface area contributed by atoms with E-state index in [9.17, 15) is 22.4 Å². The highest BCUT2D eigenvalue weighted by atomic mass is 19.4. The molecule has 0 aliphatic heterocycles. The molecule has 0 atom stereocenters. The van der Waals surface area contributed by atoms with Crippen molar-refractivity contribution in [3.05, 3.63) is 53.9 Å². The molecule has 0 fully saturated rings. The van der Waals surface area contributed by atoms with Crippen LogP contribution in [0.5, 0.6) is 0 Å². The molecule has 104 valence electrons. The van der Waals surface area contributed by atoms with Crippen LogP contribution in [-0.2, 0) is 6.18 Å². The van der Waals surface area contributed by atoms with Gasteiger partial charge >= 0.3 is 6.18 Å². The molecule has 1 aromatic carbocycles. The minimum absolute atomic E-state index is 0.218. The molecule has 1 amide bonds. The van der Waals surface area contributed by atoms with Gasteiger partial charge in [0, 0.05) is 5.56 Å². The van der Waals surface area contributed by atoms with Gasteiger partial charge in [0.15, 0.2) is 0 Å². The number of aromatic nitrogens is 2. The summed E-state index contributed by atoms with van der Waals surface area (Å²) in [7, 11) is 0. The van der Waals surface area contributed by atoms with E-state index in [-0.39, 0.29) is 11.3 Å². The van der Waals surface area contributed by atoms with Crippen LogP contribution in [0.2, 0.25) is 0 Å². The predicted octanol–water partition coefficient (Wildman–Crippen LogP) is 2.89. The van der Waals surface area contributed by atoms with Crippen molar-refractivity contribution in [2.75, 3.05) is 5.32 Å². The second kappa shape index (κ2) is 5.24. The molecule has 0 saturated carbocycles. The molecule has 0 bridgehead atoms. The van der Waals surface area contributed by atoms with E-state index < -0.39 is 23.5 Å². The zero-order valence-corrected chi connectivity index (χ0v) is 9.78. The van der Waals surface area contributed by atoms with E-state index in [0.717, 1.165) is 6.07 Å². The van der Waals surface area contributed by atoms with Gasteiger partial charge in [-0.2, -0.15) is 13.2 Å². The lowest BCUT2D eigenvalue weighted by Gasteiger charge is -2.10. The van der Waals surface area contributed by atoms with Gasteiger partial charge in [0.2, 0.25) is 0 Å². The second-order valence-corrected chi connectivity index (χ2v) is 3.77. The van der Waals surface area contributed by atoms with Gasteiger partial charge in [-0.1, -0.05) is 0 Å². The molecular weight excluding hydrogens is 278 g/mol. The maximum absolute atomic E-state index is 13.1. The largest absolute Gasteiger partial charge is 0.419 e. The summed E-state index contributed by atoms with van der Waals surface area (Å²) in [5, 5.41) is 2.30. The van der Waals surface area contributed by atoms with Crippen LogP contribution in [0.15, 0.2) is 36.9 Å². The Balaban J connectivity index is 2.27. The number of hydrogen-bond acceptors (Lipinski definition) is 3. The third kappa shape index (κ3) is 3.08. The molecule has 4 nitrogen and oxygen atoms in total. The second-order valence-electron chi connectivity index (χ2n) is 3.77. The van der Waals surface area contributed by atoms with Crippen molar-refractivity contribution in [3.63, 3.8) is 0 Å². The summed E-state index contributed by atoms with van der Waals surface area (Å²) in [4.78, 5) is 19.0. The molecule has 1 heterocycles. The number of amides is 1. The first kappa shape index (κ1) is 13.9. The average Bonchev–Trinajstić information content (AvgIpc) is 2.39. The highest BCUT2D eigenvalue weighted by Crippen LogP contribution is 2.31. The summed E-state index contributed by atoms with van der Waals surface area (Å²) < 4.78 is 50.7. The maximum Gasteiger partial charge on any atom is 0.419 e. The monoisotopic (exact) mass is 285 g/mol. The fourth-order valence-corrected chi connectivity index (χ4v) is 1.45. The summed E-state index contributed by atoms with van der Waals surface area (Å²) in [5.41, 5.74) is -1.59. The summed E-state index contributed by atoms with van der Waals surface area (Å²) in [6, 6.07) is 2.01.